The molecule has 0 saturated carbocycles. The van der Waals surface area contributed by atoms with Gasteiger partial charge in [-0.25, -0.2) is 0 Å². The lowest BCUT2D eigenvalue weighted by Gasteiger charge is -2.27. The summed E-state index contributed by atoms with van der Waals surface area (Å²) in [5, 5.41) is 0. The number of nitrogens with two attached hydrogens (primary N) is 1. The predicted molar refractivity (Wildman–Crippen MR) is 65.4 cm³/mol. The monoisotopic (exact) mass is 218 g/mol. The van der Waals surface area contributed by atoms with Gasteiger partial charge in [0.1, 0.15) is 0 Å². The topological polar surface area (TPSA) is 38.5 Å². The molecule has 0 aromatic heterocycles. The van der Waals surface area contributed by atoms with Gasteiger partial charge in [-0.1, -0.05) is 18.2 Å². The van der Waals surface area contributed by atoms with E-state index in [-0.39, 0.29) is 6.10 Å². The van der Waals surface area contributed by atoms with Crippen LogP contribution in [0.4, 0.5) is 0 Å². The first kappa shape index (κ1) is 11.0. The standard InChI is InChI=1S/C13H18N2O/c1-16-11-6-7-13(12(14)10-11)15-8-4-2-3-5-9-15/h2-4,7-8,10-11H,5-6,9,14H2,1H3. The van der Waals surface area contributed by atoms with Crippen LogP contribution in [0.5, 0.6) is 0 Å². The minimum Gasteiger partial charge on any atom is -0.397 e. The van der Waals surface area contributed by atoms with Crippen LogP contribution in [0.1, 0.15) is 12.8 Å². The average molecular weight is 218 g/mol. The van der Waals surface area contributed by atoms with E-state index < -0.39 is 0 Å². The molecule has 3 heteroatoms. The smallest absolute Gasteiger partial charge is 0.0810 e. The van der Waals surface area contributed by atoms with Crippen molar-refractivity contribution in [1.29, 1.82) is 0 Å². The molecule has 2 N–H and O–H groups in total. The Hall–Kier alpha value is -1.48. The highest BCUT2D eigenvalue weighted by molar-refractivity contribution is 5.33. The Morgan fingerprint density at radius 3 is 3.06 bits per heavy atom. The normalized spacial score (nSPS) is 25.1. The molecule has 1 aliphatic carbocycles. The summed E-state index contributed by atoms with van der Waals surface area (Å²) in [6.07, 6.45) is 14.6. The molecule has 0 amide bonds. The molecular weight excluding hydrogens is 200 g/mol. The number of nitrogens with zero attached hydrogens (tertiary/aromatic N) is 1. The summed E-state index contributed by atoms with van der Waals surface area (Å²) in [4.78, 5) is 2.19. The first-order chi connectivity index (χ1) is 7.81. The maximum atomic E-state index is 6.04. The highest BCUT2D eigenvalue weighted by Gasteiger charge is 2.16. The van der Waals surface area contributed by atoms with E-state index in [2.05, 4.69) is 29.3 Å². The van der Waals surface area contributed by atoms with Gasteiger partial charge in [0.05, 0.1) is 17.5 Å². The van der Waals surface area contributed by atoms with Crippen LogP contribution in [0, 0.1) is 0 Å². The van der Waals surface area contributed by atoms with E-state index >= 15 is 0 Å². The Morgan fingerprint density at radius 2 is 2.31 bits per heavy atom. The third-order valence-electron chi connectivity index (χ3n) is 2.87. The first-order valence-corrected chi connectivity index (χ1v) is 5.62. The second-order valence-electron chi connectivity index (χ2n) is 3.97. The van der Waals surface area contributed by atoms with Crippen molar-refractivity contribution < 1.29 is 4.74 Å². The largest absolute Gasteiger partial charge is 0.397 e. The summed E-state index contributed by atoms with van der Waals surface area (Å²) in [5.41, 5.74) is 7.96. The molecular formula is C13H18N2O. The molecule has 3 nitrogen and oxygen atoms in total. The summed E-state index contributed by atoms with van der Waals surface area (Å²) in [7, 11) is 1.71. The van der Waals surface area contributed by atoms with Crippen LogP contribution in [0.3, 0.4) is 0 Å². The zero-order valence-electron chi connectivity index (χ0n) is 9.60. The highest BCUT2D eigenvalue weighted by Crippen LogP contribution is 2.21. The van der Waals surface area contributed by atoms with Crippen LogP contribution in [-0.4, -0.2) is 24.7 Å². The molecule has 2 rings (SSSR count). The van der Waals surface area contributed by atoms with Crippen LogP contribution in [0.25, 0.3) is 0 Å². The number of hydrogen-bond donors (Lipinski definition) is 1. The molecule has 0 bridgehead atoms. The Kier molecular flexibility index (Phi) is 3.47. The minimum atomic E-state index is 0.123. The molecule has 1 unspecified atom stereocenters. The molecule has 86 valence electrons. The molecule has 0 spiro atoms. The van der Waals surface area contributed by atoms with Crippen LogP contribution in [-0.2, 0) is 4.74 Å². The zero-order valence-corrected chi connectivity index (χ0v) is 9.60. The molecule has 0 saturated heterocycles. The van der Waals surface area contributed by atoms with Gasteiger partial charge >= 0.3 is 0 Å². The van der Waals surface area contributed by atoms with E-state index in [1.54, 1.807) is 7.11 Å². The lowest BCUT2D eigenvalue weighted by Crippen LogP contribution is -2.26. The predicted octanol–water partition coefficient (Wildman–Crippen LogP) is 1.91. The SMILES string of the molecule is COC1C=C(N)C(N2C=CC=CCC2)=CC1. The molecule has 16 heavy (non-hydrogen) atoms. The van der Waals surface area contributed by atoms with Crippen molar-refractivity contribution in [3.8, 4) is 0 Å². The molecule has 0 aromatic carbocycles. The van der Waals surface area contributed by atoms with Gasteiger partial charge in [0.2, 0.25) is 0 Å². The summed E-state index contributed by atoms with van der Waals surface area (Å²) < 4.78 is 5.27. The molecule has 0 fully saturated rings. The number of ether oxygens (including phenoxy) is 1. The number of methoxy groups -OCH3 is 1. The fourth-order valence-corrected chi connectivity index (χ4v) is 1.96. The summed E-state index contributed by atoms with van der Waals surface area (Å²) >= 11 is 0. The Labute approximate surface area is 96.6 Å². The number of allylic oxidation sites excluding steroid dienone is 2. The van der Waals surface area contributed by atoms with E-state index in [1.165, 1.54) is 0 Å². The number of rotatable bonds is 2. The van der Waals surface area contributed by atoms with Gasteiger partial charge in [-0.15, -0.1) is 0 Å². The third kappa shape index (κ3) is 2.36. The van der Waals surface area contributed by atoms with Crippen molar-refractivity contribution in [2.24, 2.45) is 5.73 Å². The van der Waals surface area contributed by atoms with Crippen molar-refractivity contribution in [3.05, 3.63) is 48.0 Å². The lowest BCUT2D eigenvalue weighted by molar-refractivity contribution is 0.140. The molecule has 0 aromatic rings. The average Bonchev–Trinajstić information content (AvgIpc) is 2.57. The van der Waals surface area contributed by atoms with Crippen LogP contribution < -0.4 is 5.73 Å². The maximum Gasteiger partial charge on any atom is 0.0810 e. The summed E-state index contributed by atoms with van der Waals surface area (Å²) in [6.45, 7) is 0.977. The van der Waals surface area contributed by atoms with Crippen molar-refractivity contribution in [3.63, 3.8) is 0 Å². The van der Waals surface area contributed by atoms with Gasteiger partial charge in [-0.2, -0.15) is 0 Å². The van der Waals surface area contributed by atoms with Crippen molar-refractivity contribution >= 4 is 0 Å². The molecule has 2 aliphatic rings. The van der Waals surface area contributed by atoms with E-state index in [4.69, 9.17) is 10.5 Å². The van der Waals surface area contributed by atoms with Gasteiger partial charge in [-0.05, 0) is 25.0 Å². The Morgan fingerprint density at radius 1 is 1.44 bits per heavy atom. The third-order valence-corrected chi connectivity index (χ3v) is 2.87. The van der Waals surface area contributed by atoms with Crippen molar-refractivity contribution in [2.45, 2.75) is 18.9 Å². The summed E-state index contributed by atoms with van der Waals surface area (Å²) in [5.74, 6) is 0. The highest BCUT2D eigenvalue weighted by atomic mass is 16.5. The maximum absolute atomic E-state index is 6.04. The lowest BCUT2D eigenvalue weighted by atomic mass is 10.1. The van der Waals surface area contributed by atoms with Gasteiger partial charge in [0.25, 0.3) is 0 Å². The van der Waals surface area contributed by atoms with Gasteiger partial charge in [0.15, 0.2) is 0 Å². The van der Waals surface area contributed by atoms with Crippen molar-refractivity contribution in [1.82, 2.24) is 4.90 Å². The minimum absolute atomic E-state index is 0.123. The Balaban J connectivity index is 2.11. The van der Waals surface area contributed by atoms with Crippen LogP contribution in [0.15, 0.2) is 48.0 Å². The number of hydrogen-bond acceptors (Lipinski definition) is 3. The van der Waals surface area contributed by atoms with E-state index in [1.807, 2.05) is 12.2 Å². The molecule has 1 heterocycles. The van der Waals surface area contributed by atoms with E-state index in [9.17, 15) is 0 Å². The quantitative estimate of drug-likeness (QED) is 0.769. The van der Waals surface area contributed by atoms with E-state index in [0.717, 1.165) is 30.8 Å². The van der Waals surface area contributed by atoms with Crippen LogP contribution >= 0.6 is 0 Å². The van der Waals surface area contributed by atoms with Crippen LogP contribution in [0.2, 0.25) is 0 Å². The second-order valence-corrected chi connectivity index (χ2v) is 3.97. The first-order valence-electron chi connectivity index (χ1n) is 5.62. The fourth-order valence-electron chi connectivity index (χ4n) is 1.96. The zero-order chi connectivity index (χ0) is 11.4. The fraction of sp³-hybridized carbons (Fsp3) is 0.385. The summed E-state index contributed by atoms with van der Waals surface area (Å²) in [6, 6.07) is 0. The van der Waals surface area contributed by atoms with Gasteiger partial charge in [-0.3, -0.25) is 0 Å². The van der Waals surface area contributed by atoms with Gasteiger partial charge in [0, 0.05) is 19.9 Å². The second kappa shape index (κ2) is 5.03. The molecule has 1 atom stereocenters. The van der Waals surface area contributed by atoms with Crippen molar-refractivity contribution in [2.75, 3.05) is 13.7 Å². The molecule has 1 aliphatic heterocycles. The Bertz CT molecular complexity index is 366. The van der Waals surface area contributed by atoms with Gasteiger partial charge < -0.3 is 15.4 Å². The molecule has 0 radical (unpaired) electrons. The van der Waals surface area contributed by atoms with E-state index in [0.29, 0.717) is 0 Å².